The van der Waals surface area contributed by atoms with Crippen molar-refractivity contribution in [1.82, 2.24) is 9.55 Å². The first-order valence-electron chi connectivity index (χ1n) is 7.91. The maximum absolute atomic E-state index is 10.9. The van der Waals surface area contributed by atoms with Crippen LogP contribution in [0.15, 0.2) is 54.6 Å². The first-order valence-corrected chi connectivity index (χ1v) is 8.67. The highest BCUT2D eigenvalue weighted by Crippen LogP contribution is 2.28. The normalized spacial score (nSPS) is 11.2. The molecule has 0 saturated heterocycles. The smallest absolute Gasteiger partial charge is 0.107 e. The van der Waals surface area contributed by atoms with Crippen LogP contribution in [0.5, 0.6) is 0 Å². The number of nitrogens with zero attached hydrogens (tertiary/aromatic N) is 2. The number of aryl methyl sites for hydroxylation is 1. The van der Waals surface area contributed by atoms with Crippen molar-refractivity contribution < 1.29 is 9.90 Å². The van der Waals surface area contributed by atoms with Crippen molar-refractivity contribution in [3.05, 3.63) is 81.7 Å². The van der Waals surface area contributed by atoms with E-state index in [9.17, 15) is 9.90 Å². The van der Waals surface area contributed by atoms with Gasteiger partial charge in [0.15, 0.2) is 0 Å². The average Bonchev–Trinajstić information content (AvgIpc) is 2.92. The van der Waals surface area contributed by atoms with Crippen molar-refractivity contribution in [1.29, 1.82) is 0 Å². The van der Waals surface area contributed by atoms with Gasteiger partial charge in [0.2, 0.25) is 0 Å². The first kappa shape index (κ1) is 18.2. The van der Waals surface area contributed by atoms with Gasteiger partial charge >= 0.3 is 0 Å². The molecule has 2 aromatic carbocycles. The molecule has 0 saturated carbocycles. The van der Waals surface area contributed by atoms with Gasteiger partial charge in [-0.3, -0.25) is 0 Å². The second kappa shape index (κ2) is 7.77. The number of aliphatic carboxylic acids is 1. The van der Waals surface area contributed by atoms with Crippen LogP contribution in [0.3, 0.4) is 0 Å². The third kappa shape index (κ3) is 3.98. The molecule has 1 aromatic heterocycles. The molecule has 132 valence electrons. The highest BCUT2D eigenvalue weighted by molar-refractivity contribution is 6.35. The number of carboxylic acid groups (broad SMARTS) is 1. The van der Waals surface area contributed by atoms with E-state index in [-0.39, 0.29) is 0 Å². The van der Waals surface area contributed by atoms with Crippen LogP contribution in [0, 0.1) is 6.92 Å². The van der Waals surface area contributed by atoms with E-state index in [2.05, 4.69) is 4.98 Å². The number of aromatic nitrogens is 2. The van der Waals surface area contributed by atoms with Gasteiger partial charge in [-0.15, -0.1) is 0 Å². The van der Waals surface area contributed by atoms with Gasteiger partial charge in [0, 0.05) is 15.6 Å². The summed E-state index contributed by atoms with van der Waals surface area (Å²) >= 11 is 12.3. The van der Waals surface area contributed by atoms with E-state index in [1.54, 1.807) is 12.1 Å². The Kier molecular flexibility index (Phi) is 5.45. The highest BCUT2D eigenvalue weighted by atomic mass is 35.5. The van der Waals surface area contributed by atoms with E-state index < -0.39 is 5.97 Å². The fourth-order valence-corrected chi connectivity index (χ4v) is 3.19. The Morgan fingerprint density at radius 3 is 2.58 bits per heavy atom. The largest absolute Gasteiger partial charge is 0.545 e. The molecular weight excluding hydrogens is 371 g/mol. The van der Waals surface area contributed by atoms with Gasteiger partial charge in [-0.25, -0.2) is 4.98 Å². The molecule has 1 heterocycles. The van der Waals surface area contributed by atoms with Crippen LogP contribution in [-0.4, -0.2) is 15.5 Å². The Labute approximate surface area is 161 Å². The molecule has 0 spiro atoms. The average molecular weight is 386 g/mol. The molecule has 0 fully saturated rings. The number of rotatable bonds is 5. The molecule has 0 radical (unpaired) electrons. The van der Waals surface area contributed by atoms with E-state index in [4.69, 9.17) is 23.2 Å². The topological polar surface area (TPSA) is 57.9 Å². The van der Waals surface area contributed by atoms with Crippen LogP contribution >= 0.6 is 23.2 Å². The van der Waals surface area contributed by atoms with Crippen LogP contribution in [0.25, 0.3) is 17.3 Å². The van der Waals surface area contributed by atoms with Crippen molar-refractivity contribution in [3.63, 3.8) is 0 Å². The van der Waals surface area contributed by atoms with Crippen molar-refractivity contribution in [2.75, 3.05) is 0 Å². The van der Waals surface area contributed by atoms with Gasteiger partial charge in [0.1, 0.15) is 5.82 Å². The Balaban J connectivity index is 2.12. The van der Waals surface area contributed by atoms with Gasteiger partial charge in [-0.1, -0.05) is 59.6 Å². The zero-order valence-corrected chi connectivity index (χ0v) is 15.5. The summed E-state index contributed by atoms with van der Waals surface area (Å²) in [6, 6.07) is 14.9. The molecule has 0 unspecified atom stereocenters. The SMILES string of the molecule is Cc1nc(-c2ccccc2)c(/C=C/C(=O)[O-])n1Cc1ccc(Cl)cc1Cl. The maximum atomic E-state index is 10.9. The molecule has 0 atom stereocenters. The van der Waals surface area contributed by atoms with Crippen molar-refractivity contribution in [3.8, 4) is 11.3 Å². The molecule has 4 nitrogen and oxygen atoms in total. The number of carbonyl (C=O) groups excluding carboxylic acids is 1. The standard InChI is InChI=1S/C20H16Cl2N2O2/c1-13-23-20(14-5-3-2-4-6-14)18(9-10-19(25)26)24(13)12-15-7-8-16(21)11-17(15)22/h2-11H,12H2,1H3,(H,25,26)/p-1/b10-9+. The lowest BCUT2D eigenvalue weighted by atomic mass is 10.1. The fraction of sp³-hybridized carbons (Fsp3) is 0.100. The van der Waals surface area contributed by atoms with Crippen LogP contribution in [0.4, 0.5) is 0 Å². The molecule has 6 heteroatoms. The zero-order valence-electron chi connectivity index (χ0n) is 13.9. The van der Waals surface area contributed by atoms with Crippen LogP contribution < -0.4 is 5.11 Å². The number of carbonyl (C=O) groups is 1. The molecule has 0 N–H and O–H groups in total. The molecular formula is C20H15Cl2N2O2-. The van der Waals surface area contributed by atoms with Crippen molar-refractivity contribution in [2.45, 2.75) is 13.5 Å². The van der Waals surface area contributed by atoms with E-state index in [0.29, 0.717) is 28.0 Å². The number of carboxylic acids is 1. The number of hydrogen-bond acceptors (Lipinski definition) is 3. The molecule has 3 aromatic rings. The van der Waals surface area contributed by atoms with Gasteiger partial charge in [-0.05, 0) is 36.8 Å². The third-order valence-electron chi connectivity index (χ3n) is 3.97. The third-order valence-corrected chi connectivity index (χ3v) is 4.55. The Morgan fingerprint density at radius 2 is 1.92 bits per heavy atom. The van der Waals surface area contributed by atoms with Gasteiger partial charge in [0.25, 0.3) is 0 Å². The number of hydrogen-bond donors (Lipinski definition) is 0. The van der Waals surface area contributed by atoms with Crippen molar-refractivity contribution >= 4 is 35.2 Å². The lowest BCUT2D eigenvalue weighted by Gasteiger charge is -2.11. The number of halogens is 2. The summed E-state index contributed by atoms with van der Waals surface area (Å²) < 4.78 is 1.91. The minimum Gasteiger partial charge on any atom is -0.545 e. The molecule has 0 aliphatic rings. The fourth-order valence-electron chi connectivity index (χ4n) is 2.73. The lowest BCUT2D eigenvalue weighted by molar-refractivity contribution is -0.297. The Hall–Kier alpha value is -2.56. The first-order chi connectivity index (χ1) is 12.5. The monoisotopic (exact) mass is 385 g/mol. The van der Waals surface area contributed by atoms with Crippen LogP contribution in [0.2, 0.25) is 10.0 Å². The molecule has 0 bridgehead atoms. The van der Waals surface area contributed by atoms with Crippen LogP contribution in [-0.2, 0) is 11.3 Å². The summed E-state index contributed by atoms with van der Waals surface area (Å²) in [6.45, 7) is 2.31. The number of imidazole rings is 1. The summed E-state index contributed by atoms with van der Waals surface area (Å²) in [7, 11) is 0. The summed E-state index contributed by atoms with van der Waals surface area (Å²) in [5.41, 5.74) is 3.13. The predicted octanol–water partition coefficient (Wildman–Crippen LogP) is 3.98. The molecule has 0 aliphatic heterocycles. The Morgan fingerprint density at radius 1 is 1.19 bits per heavy atom. The maximum Gasteiger partial charge on any atom is 0.107 e. The quantitative estimate of drug-likeness (QED) is 0.624. The molecule has 26 heavy (non-hydrogen) atoms. The lowest BCUT2D eigenvalue weighted by Crippen LogP contribution is -2.18. The number of benzene rings is 2. The summed E-state index contributed by atoms with van der Waals surface area (Å²) in [4.78, 5) is 15.6. The zero-order chi connectivity index (χ0) is 18.7. The minimum atomic E-state index is -1.26. The molecule has 0 aliphatic carbocycles. The molecule has 3 rings (SSSR count). The van der Waals surface area contributed by atoms with Gasteiger partial charge in [0.05, 0.1) is 23.9 Å². The minimum absolute atomic E-state index is 0.439. The highest BCUT2D eigenvalue weighted by Gasteiger charge is 2.15. The van der Waals surface area contributed by atoms with E-state index >= 15 is 0 Å². The van der Waals surface area contributed by atoms with E-state index in [0.717, 1.165) is 23.0 Å². The summed E-state index contributed by atoms with van der Waals surface area (Å²) in [5.74, 6) is -0.521. The second-order valence-electron chi connectivity index (χ2n) is 5.73. The summed E-state index contributed by atoms with van der Waals surface area (Å²) in [6.07, 6.45) is 2.50. The molecule has 0 amide bonds. The predicted molar refractivity (Wildman–Crippen MR) is 102 cm³/mol. The van der Waals surface area contributed by atoms with Crippen molar-refractivity contribution in [2.24, 2.45) is 0 Å². The van der Waals surface area contributed by atoms with E-state index in [1.165, 1.54) is 6.08 Å². The van der Waals surface area contributed by atoms with Gasteiger partial charge in [-0.2, -0.15) is 0 Å². The van der Waals surface area contributed by atoms with E-state index in [1.807, 2.05) is 47.9 Å². The van der Waals surface area contributed by atoms with Gasteiger partial charge < -0.3 is 14.5 Å². The Bertz CT molecular complexity index is 979. The van der Waals surface area contributed by atoms with Crippen LogP contribution in [0.1, 0.15) is 17.1 Å². The summed E-state index contributed by atoms with van der Waals surface area (Å²) in [5, 5.41) is 12.0. The second-order valence-corrected chi connectivity index (χ2v) is 6.58.